The molecule has 2 heteroatoms. The van der Waals surface area contributed by atoms with Crippen molar-refractivity contribution >= 4 is 5.69 Å². The lowest BCUT2D eigenvalue weighted by Gasteiger charge is -2.29. The van der Waals surface area contributed by atoms with Crippen molar-refractivity contribution in [3.05, 3.63) is 29.8 Å². The molecule has 1 rings (SSSR count). The molecule has 17 heavy (non-hydrogen) atoms. The molecule has 0 radical (unpaired) electrons. The molecule has 0 aromatic heterocycles. The fraction of sp³-hybridized carbons (Fsp3) is 0.600. The maximum Gasteiger partial charge on any atom is 0.0359 e. The van der Waals surface area contributed by atoms with E-state index in [1.165, 1.54) is 24.8 Å². The van der Waals surface area contributed by atoms with E-state index < -0.39 is 0 Å². The first kappa shape index (κ1) is 14.0. The normalized spacial score (nSPS) is 12.9. The van der Waals surface area contributed by atoms with Gasteiger partial charge in [0.25, 0.3) is 0 Å². The van der Waals surface area contributed by atoms with Crippen LogP contribution in [0, 0.1) is 0 Å². The second kappa shape index (κ2) is 7.33. The Hall–Kier alpha value is -1.02. The topological polar surface area (TPSA) is 29.3 Å². The molecule has 2 nitrogen and oxygen atoms in total. The van der Waals surface area contributed by atoms with E-state index in [1.54, 1.807) is 0 Å². The van der Waals surface area contributed by atoms with Crippen molar-refractivity contribution in [2.45, 2.75) is 52.6 Å². The van der Waals surface area contributed by atoms with Crippen molar-refractivity contribution in [1.82, 2.24) is 4.90 Å². The largest absolute Gasteiger partial charge is 0.398 e. The van der Waals surface area contributed by atoms with Crippen LogP contribution in [-0.2, 0) is 6.54 Å². The molecule has 96 valence electrons. The van der Waals surface area contributed by atoms with Crippen LogP contribution in [0.4, 0.5) is 5.69 Å². The summed E-state index contributed by atoms with van der Waals surface area (Å²) in [7, 11) is 0. The maximum absolute atomic E-state index is 6.01. The minimum absolute atomic E-state index is 0.638. The smallest absolute Gasteiger partial charge is 0.0359 e. The zero-order chi connectivity index (χ0) is 12.7. The van der Waals surface area contributed by atoms with Gasteiger partial charge in [0.2, 0.25) is 0 Å². The predicted octanol–water partition coefficient (Wildman–Crippen LogP) is 3.67. The second-order valence-electron chi connectivity index (χ2n) is 4.81. The van der Waals surface area contributed by atoms with Gasteiger partial charge in [-0.1, -0.05) is 38.5 Å². The molecular formula is C15H26N2. The van der Waals surface area contributed by atoms with Crippen LogP contribution in [-0.4, -0.2) is 17.5 Å². The Morgan fingerprint density at radius 2 is 1.88 bits per heavy atom. The Morgan fingerprint density at radius 1 is 1.18 bits per heavy atom. The summed E-state index contributed by atoms with van der Waals surface area (Å²) in [4.78, 5) is 2.54. The highest BCUT2D eigenvalue weighted by Crippen LogP contribution is 2.17. The molecular weight excluding hydrogens is 208 g/mol. The molecule has 0 heterocycles. The molecule has 0 fully saturated rings. The number of hydrogen-bond acceptors (Lipinski definition) is 2. The van der Waals surface area contributed by atoms with Crippen molar-refractivity contribution in [3.8, 4) is 0 Å². The van der Waals surface area contributed by atoms with Gasteiger partial charge in [-0.2, -0.15) is 0 Å². The maximum atomic E-state index is 6.01. The van der Waals surface area contributed by atoms with Crippen LogP contribution in [0.2, 0.25) is 0 Å². The van der Waals surface area contributed by atoms with Crippen molar-refractivity contribution in [1.29, 1.82) is 0 Å². The molecule has 2 N–H and O–H groups in total. The van der Waals surface area contributed by atoms with E-state index in [-0.39, 0.29) is 0 Å². The highest BCUT2D eigenvalue weighted by Gasteiger charge is 2.13. The van der Waals surface area contributed by atoms with Crippen molar-refractivity contribution < 1.29 is 0 Å². The van der Waals surface area contributed by atoms with Crippen LogP contribution in [0.15, 0.2) is 24.3 Å². The average molecular weight is 234 g/mol. The van der Waals surface area contributed by atoms with Gasteiger partial charge in [-0.3, -0.25) is 4.90 Å². The number of para-hydroxylation sites is 1. The van der Waals surface area contributed by atoms with Gasteiger partial charge in [-0.05, 0) is 37.9 Å². The zero-order valence-electron chi connectivity index (χ0n) is 11.4. The van der Waals surface area contributed by atoms with E-state index >= 15 is 0 Å². The van der Waals surface area contributed by atoms with Crippen LogP contribution in [0.25, 0.3) is 0 Å². The molecule has 0 aliphatic carbocycles. The molecule has 1 atom stereocenters. The zero-order valence-corrected chi connectivity index (χ0v) is 11.4. The first-order valence-corrected chi connectivity index (χ1v) is 6.76. The fourth-order valence-corrected chi connectivity index (χ4v) is 2.24. The molecule has 0 spiro atoms. The minimum Gasteiger partial charge on any atom is -0.398 e. The molecule has 1 unspecified atom stereocenters. The first-order valence-electron chi connectivity index (χ1n) is 6.76. The van der Waals surface area contributed by atoms with Gasteiger partial charge >= 0.3 is 0 Å². The van der Waals surface area contributed by atoms with Crippen LogP contribution < -0.4 is 5.73 Å². The molecule has 0 aliphatic heterocycles. The van der Waals surface area contributed by atoms with Gasteiger partial charge in [0, 0.05) is 18.3 Å². The van der Waals surface area contributed by atoms with Crippen LogP contribution in [0.3, 0.4) is 0 Å². The lowest BCUT2D eigenvalue weighted by molar-refractivity contribution is 0.190. The van der Waals surface area contributed by atoms with E-state index in [2.05, 4.69) is 37.8 Å². The summed E-state index contributed by atoms with van der Waals surface area (Å²) in [6, 6.07) is 8.83. The molecule has 0 amide bonds. The number of anilines is 1. The number of benzene rings is 1. The summed E-state index contributed by atoms with van der Waals surface area (Å²) >= 11 is 0. The summed E-state index contributed by atoms with van der Waals surface area (Å²) in [6.07, 6.45) is 3.69. The van der Waals surface area contributed by atoms with Crippen molar-refractivity contribution in [3.63, 3.8) is 0 Å². The lowest BCUT2D eigenvalue weighted by atomic mass is 10.1. The Balaban J connectivity index is 2.69. The molecule has 1 aromatic carbocycles. The molecule has 0 saturated heterocycles. The van der Waals surface area contributed by atoms with Gasteiger partial charge in [0.15, 0.2) is 0 Å². The Morgan fingerprint density at radius 3 is 2.47 bits per heavy atom. The van der Waals surface area contributed by atoms with Crippen molar-refractivity contribution in [2.24, 2.45) is 0 Å². The first-order chi connectivity index (χ1) is 8.19. The fourth-order valence-electron chi connectivity index (χ4n) is 2.24. The summed E-state index contributed by atoms with van der Waals surface area (Å²) in [6.45, 7) is 8.92. The van der Waals surface area contributed by atoms with Gasteiger partial charge in [0.05, 0.1) is 0 Å². The Labute approximate surface area is 106 Å². The monoisotopic (exact) mass is 234 g/mol. The van der Waals surface area contributed by atoms with Gasteiger partial charge in [0.1, 0.15) is 0 Å². The lowest BCUT2D eigenvalue weighted by Crippen LogP contribution is -2.33. The summed E-state index contributed by atoms with van der Waals surface area (Å²) in [5.74, 6) is 0. The molecule has 0 aliphatic rings. The third-order valence-electron chi connectivity index (χ3n) is 3.27. The number of hydrogen-bond donors (Lipinski definition) is 1. The molecule has 0 bridgehead atoms. The number of nitrogens with two attached hydrogens (primary N) is 1. The highest BCUT2D eigenvalue weighted by molar-refractivity contribution is 5.46. The van der Waals surface area contributed by atoms with Crippen LogP contribution >= 0.6 is 0 Å². The molecule has 1 aromatic rings. The van der Waals surface area contributed by atoms with Crippen LogP contribution in [0.5, 0.6) is 0 Å². The average Bonchev–Trinajstić information content (AvgIpc) is 2.31. The predicted molar refractivity (Wildman–Crippen MR) is 75.9 cm³/mol. The number of nitrogens with zero attached hydrogens (tertiary/aromatic N) is 1. The quantitative estimate of drug-likeness (QED) is 0.729. The van der Waals surface area contributed by atoms with Gasteiger partial charge < -0.3 is 5.73 Å². The second-order valence-corrected chi connectivity index (χ2v) is 4.81. The SMILES string of the molecule is CCCC(C)N(CCC)Cc1ccccc1N. The third kappa shape index (κ3) is 4.39. The van der Waals surface area contributed by atoms with E-state index in [0.29, 0.717) is 6.04 Å². The number of nitrogen functional groups attached to an aromatic ring is 1. The van der Waals surface area contributed by atoms with Crippen LogP contribution in [0.1, 0.15) is 45.6 Å². The Bertz CT molecular complexity index is 322. The number of rotatable bonds is 7. The van der Waals surface area contributed by atoms with Gasteiger partial charge in [-0.15, -0.1) is 0 Å². The van der Waals surface area contributed by atoms with E-state index in [9.17, 15) is 0 Å². The minimum atomic E-state index is 0.638. The standard InChI is InChI=1S/C15H26N2/c1-4-8-13(3)17(11-5-2)12-14-9-6-7-10-15(14)16/h6-7,9-10,13H,4-5,8,11-12,16H2,1-3H3. The molecule has 0 saturated carbocycles. The summed E-state index contributed by atoms with van der Waals surface area (Å²) in [5.41, 5.74) is 8.18. The van der Waals surface area contributed by atoms with Gasteiger partial charge in [-0.25, -0.2) is 0 Å². The Kier molecular flexibility index (Phi) is 6.06. The van der Waals surface area contributed by atoms with E-state index in [0.717, 1.165) is 18.8 Å². The summed E-state index contributed by atoms with van der Waals surface area (Å²) in [5, 5.41) is 0. The van der Waals surface area contributed by atoms with E-state index in [1.807, 2.05) is 12.1 Å². The third-order valence-corrected chi connectivity index (χ3v) is 3.27. The van der Waals surface area contributed by atoms with Crippen molar-refractivity contribution in [2.75, 3.05) is 12.3 Å². The van der Waals surface area contributed by atoms with E-state index in [4.69, 9.17) is 5.73 Å². The highest BCUT2D eigenvalue weighted by atomic mass is 15.1. The summed E-state index contributed by atoms with van der Waals surface area (Å²) < 4.78 is 0.